The Kier molecular flexibility index (Phi) is 4.99. The summed E-state index contributed by atoms with van der Waals surface area (Å²) in [6, 6.07) is 15.0. The minimum Gasteiger partial charge on any atom is -0.369 e. The summed E-state index contributed by atoms with van der Waals surface area (Å²) >= 11 is 0. The zero-order valence-electron chi connectivity index (χ0n) is 18.3. The van der Waals surface area contributed by atoms with E-state index in [0.29, 0.717) is 29.8 Å². The van der Waals surface area contributed by atoms with E-state index in [4.69, 9.17) is 0 Å². The molecule has 1 aromatic carbocycles. The first-order valence-electron chi connectivity index (χ1n) is 11.1. The zero-order chi connectivity index (χ0) is 22.9. The van der Waals surface area contributed by atoms with Crippen LogP contribution in [0.3, 0.4) is 0 Å². The van der Waals surface area contributed by atoms with E-state index >= 15 is 0 Å². The van der Waals surface area contributed by atoms with Gasteiger partial charge in [0.25, 0.3) is 5.91 Å². The molecule has 0 radical (unpaired) electrons. The summed E-state index contributed by atoms with van der Waals surface area (Å²) in [6.07, 6.45) is 11.4. The average Bonchev–Trinajstić information content (AvgIpc) is 3.40. The molecule has 4 heterocycles. The monoisotopic (exact) mass is 450 g/mol. The Morgan fingerprint density at radius 1 is 1.06 bits per heavy atom. The van der Waals surface area contributed by atoms with Crippen molar-refractivity contribution in [3.8, 4) is 17.1 Å². The number of allylic oxidation sites excluding steroid dienone is 1. The van der Waals surface area contributed by atoms with Crippen molar-refractivity contribution < 1.29 is 4.79 Å². The fourth-order valence-electron chi connectivity index (χ4n) is 4.02. The SMILES string of the molecule is O=C(Nc1cccc(-c2nncn2-c2cccnc2)c1)c1cc(N2C=C(C3CC3)NC2)ccn1. The molecule has 1 amide bonds. The second-order valence-electron chi connectivity index (χ2n) is 8.33. The van der Waals surface area contributed by atoms with Gasteiger partial charge in [-0.1, -0.05) is 12.1 Å². The molecule has 1 aliphatic heterocycles. The van der Waals surface area contributed by atoms with Gasteiger partial charge in [0.15, 0.2) is 5.82 Å². The number of hydrogen-bond acceptors (Lipinski definition) is 7. The number of pyridine rings is 2. The number of hydrogen-bond donors (Lipinski definition) is 2. The van der Waals surface area contributed by atoms with Gasteiger partial charge in [0.1, 0.15) is 12.0 Å². The topological polar surface area (TPSA) is 101 Å². The van der Waals surface area contributed by atoms with Gasteiger partial charge >= 0.3 is 0 Å². The normalized spacial score (nSPS) is 15.1. The number of nitrogens with zero attached hydrogens (tertiary/aromatic N) is 6. The van der Waals surface area contributed by atoms with Crippen LogP contribution in [0.4, 0.5) is 11.4 Å². The van der Waals surface area contributed by atoms with Crippen LogP contribution in [0.1, 0.15) is 23.3 Å². The predicted molar refractivity (Wildman–Crippen MR) is 128 cm³/mol. The van der Waals surface area contributed by atoms with Crippen molar-refractivity contribution in [1.29, 1.82) is 0 Å². The highest BCUT2D eigenvalue weighted by atomic mass is 16.1. The molecule has 0 unspecified atom stereocenters. The number of carbonyl (C=O) groups excluding carboxylic acids is 1. The van der Waals surface area contributed by atoms with Crippen LogP contribution in [0.15, 0.2) is 85.3 Å². The lowest BCUT2D eigenvalue weighted by atomic mass is 10.1. The van der Waals surface area contributed by atoms with Crippen molar-refractivity contribution in [3.63, 3.8) is 0 Å². The molecule has 2 N–H and O–H groups in total. The molecule has 3 aromatic heterocycles. The van der Waals surface area contributed by atoms with Crippen molar-refractivity contribution in [2.24, 2.45) is 5.92 Å². The number of carbonyl (C=O) groups is 1. The van der Waals surface area contributed by atoms with Crippen LogP contribution in [0.5, 0.6) is 0 Å². The van der Waals surface area contributed by atoms with E-state index in [1.165, 1.54) is 18.5 Å². The van der Waals surface area contributed by atoms with Gasteiger partial charge in [-0.2, -0.15) is 0 Å². The summed E-state index contributed by atoms with van der Waals surface area (Å²) in [5, 5.41) is 14.7. The number of benzene rings is 1. The molecule has 1 aliphatic carbocycles. The van der Waals surface area contributed by atoms with Gasteiger partial charge in [0.05, 0.1) is 18.6 Å². The Bertz CT molecular complexity index is 1380. The maximum atomic E-state index is 13.0. The van der Waals surface area contributed by atoms with Crippen LogP contribution >= 0.6 is 0 Å². The van der Waals surface area contributed by atoms with Crippen molar-refractivity contribution in [3.05, 3.63) is 91.0 Å². The number of nitrogens with one attached hydrogen (secondary N) is 2. The number of aromatic nitrogens is 5. The summed E-state index contributed by atoms with van der Waals surface area (Å²) in [5.41, 5.74) is 4.89. The number of anilines is 2. The lowest BCUT2D eigenvalue weighted by Gasteiger charge is -2.15. The zero-order valence-corrected chi connectivity index (χ0v) is 18.3. The van der Waals surface area contributed by atoms with Gasteiger partial charge in [-0.15, -0.1) is 10.2 Å². The molecule has 0 bridgehead atoms. The Labute approximate surface area is 196 Å². The minimum atomic E-state index is -0.272. The van der Waals surface area contributed by atoms with Crippen LogP contribution < -0.4 is 15.5 Å². The van der Waals surface area contributed by atoms with Crippen molar-refractivity contribution in [2.45, 2.75) is 12.8 Å². The summed E-state index contributed by atoms with van der Waals surface area (Å²) in [4.78, 5) is 23.5. The second-order valence-corrected chi connectivity index (χ2v) is 8.33. The Hall–Kier alpha value is -4.53. The van der Waals surface area contributed by atoms with E-state index in [2.05, 4.69) is 41.9 Å². The molecule has 0 atom stereocenters. The maximum absolute atomic E-state index is 13.0. The van der Waals surface area contributed by atoms with E-state index in [-0.39, 0.29) is 5.91 Å². The fourth-order valence-corrected chi connectivity index (χ4v) is 4.02. The third kappa shape index (κ3) is 3.99. The predicted octanol–water partition coefficient (Wildman–Crippen LogP) is 3.60. The Balaban J connectivity index is 1.21. The summed E-state index contributed by atoms with van der Waals surface area (Å²) < 4.78 is 1.85. The van der Waals surface area contributed by atoms with Gasteiger partial charge in [-0.3, -0.25) is 19.3 Å². The van der Waals surface area contributed by atoms with E-state index in [1.807, 2.05) is 53.1 Å². The molecule has 168 valence electrons. The third-order valence-electron chi connectivity index (χ3n) is 5.92. The van der Waals surface area contributed by atoms with Gasteiger partial charge in [-0.05, 0) is 49.2 Å². The molecule has 0 spiro atoms. The molecule has 1 fully saturated rings. The van der Waals surface area contributed by atoms with Crippen LogP contribution in [0, 0.1) is 5.92 Å². The maximum Gasteiger partial charge on any atom is 0.274 e. The standard InChI is InChI=1S/C25H22N8O/c34-25(22-12-20(8-10-27-22)32-14-23(28-15-32)17-6-7-17)30-19-4-1-3-18(11-19)24-31-29-16-33(24)21-5-2-9-26-13-21/h1-5,8-14,16-17,28H,6-7,15H2,(H,30,34). The lowest BCUT2D eigenvalue weighted by molar-refractivity contribution is 0.102. The molecule has 34 heavy (non-hydrogen) atoms. The quantitative estimate of drug-likeness (QED) is 0.463. The molecule has 4 aromatic rings. The van der Waals surface area contributed by atoms with Gasteiger partial charge < -0.3 is 15.5 Å². The molecule has 9 heteroatoms. The van der Waals surface area contributed by atoms with Crippen LogP contribution in [0.2, 0.25) is 0 Å². The van der Waals surface area contributed by atoms with E-state index in [9.17, 15) is 4.79 Å². The van der Waals surface area contributed by atoms with E-state index in [1.54, 1.807) is 24.9 Å². The van der Waals surface area contributed by atoms with Crippen LogP contribution in [0.25, 0.3) is 17.1 Å². The second kappa shape index (κ2) is 8.43. The Morgan fingerprint density at radius 3 is 2.85 bits per heavy atom. The number of rotatable bonds is 6. The minimum absolute atomic E-state index is 0.272. The van der Waals surface area contributed by atoms with Crippen molar-refractivity contribution >= 4 is 17.3 Å². The third-order valence-corrected chi connectivity index (χ3v) is 5.92. The molecular formula is C25H22N8O. The van der Waals surface area contributed by atoms with Crippen LogP contribution in [-0.4, -0.2) is 37.3 Å². The summed E-state index contributed by atoms with van der Waals surface area (Å²) in [5.74, 6) is 1.04. The first kappa shape index (κ1) is 20.1. The molecule has 0 saturated heterocycles. The largest absolute Gasteiger partial charge is 0.369 e. The summed E-state index contributed by atoms with van der Waals surface area (Å²) in [6.45, 7) is 0.705. The average molecular weight is 451 g/mol. The number of amides is 1. The summed E-state index contributed by atoms with van der Waals surface area (Å²) in [7, 11) is 0. The first-order valence-corrected chi connectivity index (χ1v) is 11.1. The van der Waals surface area contributed by atoms with E-state index < -0.39 is 0 Å². The first-order chi connectivity index (χ1) is 16.7. The highest BCUT2D eigenvalue weighted by Crippen LogP contribution is 2.37. The van der Waals surface area contributed by atoms with Gasteiger partial charge in [0.2, 0.25) is 0 Å². The van der Waals surface area contributed by atoms with Crippen molar-refractivity contribution in [2.75, 3.05) is 16.9 Å². The van der Waals surface area contributed by atoms with E-state index in [0.717, 1.165) is 16.9 Å². The smallest absolute Gasteiger partial charge is 0.274 e. The van der Waals surface area contributed by atoms with Crippen LogP contribution in [-0.2, 0) is 0 Å². The lowest BCUT2D eigenvalue weighted by Crippen LogP contribution is -2.22. The molecule has 6 rings (SSSR count). The molecule has 2 aliphatic rings. The van der Waals surface area contributed by atoms with Gasteiger partial charge in [0, 0.05) is 47.1 Å². The highest BCUT2D eigenvalue weighted by molar-refractivity contribution is 6.03. The Morgan fingerprint density at radius 2 is 2.00 bits per heavy atom. The van der Waals surface area contributed by atoms with Crippen molar-refractivity contribution in [1.82, 2.24) is 30.0 Å². The molecule has 9 nitrogen and oxygen atoms in total. The molecular weight excluding hydrogens is 428 g/mol. The van der Waals surface area contributed by atoms with Gasteiger partial charge in [-0.25, -0.2) is 0 Å². The fraction of sp³-hybridized carbons (Fsp3) is 0.160. The highest BCUT2D eigenvalue weighted by Gasteiger charge is 2.29. The molecule has 1 saturated carbocycles.